The highest BCUT2D eigenvalue weighted by atomic mass is 32.1. The number of rotatable bonds is 2. The number of nitrogens with one attached hydrogen (secondary N) is 1. The zero-order valence-electron chi connectivity index (χ0n) is 12.1. The summed E-state index contributed by atoms with van der Waals surface area (Å²) in [6.45, 7) is 0. The molecule has 5 aromatic rings. The van der Waals surface area contributed by atoms with E-state index in [4.69, 9.17) is 4.42 Å². The first-order valence-electron chi connectivity index (χ1n) is 7.41. The largest absolute Gasteiger partial charge is 0.454 e. The number of para-hydroxylation sites is 3. The summed E-state index contributed by atoms with van der Waals surface area (Å²) in [6.07, 6.45) is 0. The van der Waals surface area contributed by atoms with Crippen LogP contribution in [0.2, 0.25) is 0 Å². The van der Waals surface area contributed by atoms with Gasteiger partial charge in [0.15, 0.2) is 10.7 Å². The van der Waals surface area contributed by atoms with Crippen molar-refractivity contribution in [1.29, 1.82) is 0 Å². The first kappa shape index (κ1) is 12.7. The van der Waals surface area contributed by atoms with Crippen molar-refractivity contribution < 1.29 is 4.42 Å². The molecule has 1 N–H and O–H groups in total. The minimum absolute atomic E-state index is 0.868. The number of hydrogen-bond donors (Lipinski definition) is 1. The molecule has 0 aliphatic carbocycles. The van der Waals surface area contributed by atoms with E-state index in [9.17, 15) is 0 Å². The summed E-state index contributed by atoms with van der Waals surface area (Å²) in [5.74, 6) is 0. The van der Waals surface area contributed by atoms with Gasteiger partial charge in [-0.1, -0.05) is 53.8 Å². The van der Waals surface area contributed by atoms with Crippen molar-refractivity contribution in [3.8, 4) is 0 Å². The molecule has 3 nitrogen and oxygen atoms in total. The molecule has 0 saturated carbocycles. The maximum absolute atomic E-state index is 6.04. The smallest absolute Gasteiger partial charge is 0.188 e. The number of thiazole rings is 1. The van der Waals surface area contributed by atoms with Crippen LogP contribution in [0.5, 0.6) is 0 Å². The zero-order valence-corrected chi connectivity index (χ0v) is 12.9. The number of nitrogens with zero attached hydrogens (tertiary/aromatic N) is 1. The molecule has 0 unspecified atom stereocenters. The van der Waals surface area contributed by atoms with Crippen molar-refractivity contribution in [2.24, 2.45) is 0 Å². The van der Waals surface area contributed by atoms with Gasteiger partial charge in [-0.3, -0.25) is 0 Å². The molecule has 2 aromatic heterocycles. The fraction of sp³-hybridized carbons (Fsp3) is 0. The van der Waals surface area contributed by atoms with Gasteiger partial charge in [0.25, 0.3) is 0 Å². The van der Waals surface area contributed by atoms with Gasteiger partial charge in [0.2, 0.25) is 0 Å². The number of benzene rings is 3. The van der Waals surface area contributed by atoms with Gasteiger partial charge < -0.3 is 9.73 Å². The Kier molecular flexibility index (Phi) is 2.66. The minimum atomic E-state index is 0.868. The lowest BCUT2D eigenvalue weighted by Crippen LogP contribution is -1.89. The second-order valence-corrected chi connectivity index (χ2v) is 6.42. The molecule has 3 aromatic carbocycles. The van der Waals surface area contributed by atoms with Crippen LogP contribution >= 0.6 is 11.3 Å². The van der Waals surface area contributed by atoms with Crippen LogP contribution < -0.4 is 5.32 Å². The van der Waals surface area contributed by atoms with Crippen LogP contribution in [0.1, 0.15) is 0 Å². The number of anilines is 2. The van der Waals surface area contributed by atoms with Crippen molar-refractivity contribution in [1.82, 2.24) is 4.98 Å². The van der Waals surface area contributed by atoms with Crippen LogP contribution in [0.4, 0.5) is 10.8 Å². The highest BCUT2D eigenvalue weighted by molar-refractivity contribution is 7.22. The summed E-state index contributed by atoms with van der Waals surface area (Å²) in [5, 5.41) is 6.54. The van der Waals surface area contributed by atoms with Crippen LogP contribution in [-0.2, 0) is 0 Å². The molecule has 0 amide bonds. The molecular formula is C19H12N2OS. The van der Waals surface area contributed by atoms with Crippen LogP contribution in [0.3, 0.4) is 0 Å². The van der Waals surface area contributed by atoms with E-state index >= 15 is 0 Å². The summed E-state index contributed by atoms with van der Waals surface area (Å²) in [4.78, 5) is 4.63. The summed E-state index contributed by atoms with van der Waals surface area (Å²) in [7, 11) is 0. The Morgan fingerprint density at radius 3 is 2.61 bits per heavy atom. The molecule has 4 heteroatoms. The molecular weight excluding hydrogens is 304 g/mol. The first-order chi connectivity index (χ1) is 11.4. The average molecular weight is 316 g/mol. The second kappa shape index (κ2) is 4.83. The fourth-order valence-corrected chi connectivity index (χ4v) is 3.76. The summed E-state index contributed by atoms with van der Waals surface area (Å²) >= 11 is 1.64. The van der Waals surface area contributed by atoms with Gasteiger partial charge in [-0.05, 0) is 24.3 Å². The average Bonchev–Trinajstić information content (AvgIpc) is 3.16. The highest BCUT2D eigenvalue weighted by Gasteiger charge is 2.11. The predicted octanol–water partition coefficient (Wildman–Crippen LogP) is 5.94. The number of aromatic nitrogens is 1. The lowest BCUT2D eigenvalue weighted by atomic mass is 10.1. The molecule has 5 rings (SSSR count). The van der Waals surface area contributed by atoms with Crippen LogP contribution in [0.15, 0.2) is 71.1 Å². The molecule has 0 atom stereocenters. The SMILES string of the molecule is c1ccc2sc(Nc3cccc4c3oc3ccccc34)nc2c1. The Morgan fingerprint density at radius 2 is 1.65 bits per heavy atom. The van der Waals surface area contributed by atoms with Crippen molar-refractivity contribution in [3.63, 3.8) is 0 Å². The first-order valence-corrected chi connectivity index (χ1v) is 8.23. The molecule has 0 fully saturated rings. The van der Waals surface area contributed by atoms with Gasteiger partial charge in [0.1, 0.15) is 5.58 Å². The maximum Gasteiger partial charge on any atom is 0.188 e. The molecule has 0 radical (unpaired) electrons. The van der Waals surface area contributed by atoms with Crippen molar-refractivity contribution in [2.45, 2.75) is 0 Å². The Hall–Kier alpha value is -2.85. The summed E-state index contributed by atoms with van der Waals surface area (Å²) < 4.78 is 7.22. The molecule has 0 saturated heterocycles. The van der Waals surface area contributed by atoms with E-state index in [1.165, 1.54) is 4.70 Å². The van der Waals surface area contributed by atoms with E-state index < -0.39 is 0 Å². The van der Waals surface area contributed by atoms with Gasteiger partial charge >= 0.3 is 0 Å². The number of furan rings is 1. The fourth-order valence-electron chi connectivity index (χ4n) is 2.89. The highest BCUT2D eigenvalue weighted by Crippen LogP contribution is 2.36. The Morgan fingerprint density at radius 1 is 0.826 bits per heavy atom. The monoisotopic (exact) mass is 316 g/mol. The summed E-state index contributed by atoms with van der Waals surface area (Å²) in [6, 6.07) is 22.4. The topological polar surface area (TPSA) is 38.1 Å². The van der Waals surface area contributed by atoms with Crippen molar-refractivity contribution in [3.05, 3.63) is 66.7 Å². The Labute approximate surface area is 136 Å². The summed E-state index contributed by atoms with van der Waals surface area (Å²) in [5.41, 5.74) is 3.73. The lowest BCUT2D eigenvalue weighted by Gasteiger charge is -2.02. The van der Waals surface area contributed by atoms with Crippen LogP contribution in [0, 0.1) is 0 Å². The van der Waals surface area contributed by atoms with Crippen molar-refractivity contribution in [2.75, 3.05) is 5.32 Å². The zero-order chi connectivity index (χ0) is 15.2. The van der Waals surface area contributed by atoms with E-state index in [1.807, 2.05) is 48.5 Å². The lowest BCUT2D eigenvalue weighted by molar-refractivity contribution is 0.670. The Balaban J connectivity index is 1.67. The molecule has 110 valence electrons. The van der Waals surface area contributed by atoms with E-state index in [1.54, 1.807) is 11.3 Å². The molecule has 23 heavy (non-hydrogen) atoms. The number of fused-ring (bicyclic) bond motifs is 4. The standard InChI is InChI=1S/C19H12N2OS/c1-3-10-16-12(6-1)13-7-5-9-15(18(13)22-16)21-19-20-14-8-2-4-11-17(14)23-19/h1-11H,(H,20,21). The maximum atomic E-state index is 6.04. The third-order valence-corrected chi connectivity index (χ3v) is 4.89. The predicted molar refractivity (Wildman–Crippen MR) is 96.6 cm³/mol. The quantitative estimate of drug-likeness (QED) is 0.438. The minimum Gasteiger partial charge on any atom is -0.454 e. The molecule has 0 bridgehead atoms. The van der Waals surface area contributed by atoms with E-state index in [0.717, 1.165) is 38.3 Å². The van der Waals surface area contributed by atoms with Crippen LogP contribution in [0.25, 0.3) is 32.2 Å². The number of hydrogen-bond acceptors (Lipinski definition) is 4. The van der Waals surface area contributed by atoms with Gasteiger partial charge in [0, 0.05) is 10.8 Å². The van der Waals surface area contributed by atoms with E-state index in [0.29, 0.717) is 0 Å². The molecule has 0 aliphatic rings. The van der Waals surface area contributed by atoms with Gasteiger partial charge in [-0.25, -0.2) is 4.98 Å². The van der Waals surface area contributed by atoms with E-state index in [2.05, 4.69) is 28.5 Å². The van der Waals surface area contributed by atoms with Gasteiger partial charge in [-0.15, -0.1) is 0 Å². The third-order valence-electron chi connectivity index (χ3n) is 3.94. The molecule has 2 heterocycles. The Bertz CT molecular complexity index is 1120. The molecule has 0 spiro atoms. The van der Waals surface area contributed by atoms with E-state index in [-0.39, 0.29) is 0 Å². The van der Waals surface area contributed by atoms with Gasteiger partial charge in [0.05, 0.1) is 15.9 Å². The normalized spacial score (nSPS) is 11.5. The van der Waals surface area contributed by atoms with Gasteiger partial charge in [-0.2, -0.15) is 0 Å². The molecule has 0 aliphatic heterocycles. The van der Waals surface area contributed by atoms with Crippen LogP contribution in [-0.4, -0.2) is 4.98 Å². The third kappa shape index (κ3) is 1.99. The van der Waals surface area contributed by atoms with Crippen molar-refractivity contribution >= 4 is 54.3 Å². The second-order valence-electron chi connectivity index (χ2n) is 5.39.